The number of hydrogen-bond donors (Lipinski definition) is 2. The van der Waals surface area contributed by atoms with E-state index in [9.17, 15) is 0 Å². The van der Waals surface area contributed by atoms with Crippen molar-refractivity contribution >= 4 is 15.2 Å². The summed E-state index contributed by atoms with van der Waals surface area (Å²) in [5.74, 6) is 0.0700. The molecule has 1 atom stereocenters. The van der Waals surface area contributed by atoms with Crippen LogP contribution in [0.15, 0.2) is 4.99 Å². The summed E-state index contributed by atoms with van der Waals surface area (Å²) in [4.78, 5) is 4.36. The molecule has 6 heteroatoms. The van der Waals surface area contributed by atoms with Gasteiger partial charge >= 0.3 is 9.28 Å². The van der Waals surface area contributed by atoms with Crippen LogP contribution in [0.25, 0.3) is 0 Å². The van der Waals surface area contributed by atoms with Gasteiger partial charge in [-0.1, -0.05) is 20.8 Å². The van der Waals surface area contributed by atoms with Crippen molar-refractivity contribution in [2.45, 2.75) is 39.3 Å². The van der Waals surface area contributed by atoms with Gasteiger partial charge in [-0.3, -0.25) is 0 Å². The highest BCUT2D eigenvalue weighted by Gasteiger charge is 2.50. The second-order valence-corrected chi connectivity index (χ2v) is 6.91. The summed E-state index contributed by atoms with van der Waals surface area (Å²) in [5.41, 5.74) is 10.9. The van der Waals surface area contributed by atoms with Gasteiger partial charge in [0.25, 0.3) is 0 Å². The van der Waals surface area contributed by atoms with Crippen LogP contribution in [-0.2, 0) is 8.85 Å². The molecule has 0 fully saturated rings. The van der Waals surface area contributed by atoms with Crippen molar-refractivity contribution in [1.29, 1.82) is 0 Å². The van der Waals surface area contributed by atoms with Crippen molar-refractivity contribution in [2.24, 2.45) is 21.9 Å². The lowest BCUT2D eigenvalue weighted by Crippen LogP contribution is -2.56. The van der Waals surface area contributed by atoms with Crippen LogP contribution in [0.4, 0.5) is 0 Å². The van der Waals surface area contributed by atoms with E-state index in [2.05, 4.69) is 25.8 Å². The molecule has 0 heterocycles. The molecule has 0 bridgehead atoms. The fourth-order valence-corrected chi connectivity index (χ4v) is 3.47. The zero-order chi connectivity index (χ0) is 13.0. The van der Waals surface area contributed by atoms with Crippen LogP contribution >= 0.6 is 0 Å². The van der Waals surface area contributed by atoms with Gasteiger partial charge in [-0.15, -0.1) is 0 Å². The number of guanidine groups is 1. The van der Waals surface area contributed by atoms with Crippen LogP contribution in [0.2, 0.25) is 0 Å². The Bertz CT molecular complexity index is 250. The summed E-state index contributed by atoms with van der Waals surface area (Å²) < 4.78 is 10.8. The highest BCUT2D eigenvalue weighted by atomic mass is 28.3. The highest BCUT2D eigenvalue weighted by Crippen LogP contribution is 2.39. The standard InChI is InChI=1S/C10H24N3O2Si/c1-7-9(2,3)10(4,13-8(11)12)16(14-5)15-6/h7H2,1-6H3,(H4,11,12,13). The van der Waals surface area contributed by atoms with Gasteiger partial charge in [0.15, 0.2) is 5.96 Å². The van der Waals surface area contributed by atoms with Crippen LogP contribution in [0.5, 0.6) is 0 Å². The first-order valence-corrected chi connectivity index (χ1v) is 6.63. The summed E-state index contributed by atoms with van der Waals surface area (Å²) in [5, 5.41) is -0.519. The lowest BCUT2D eigenvalue weighted by Gasteiger charge is -2.42. The van der Waals surface area contributed by atoms with Crippen molar-refractivity contribution in [1.82, 2.24) is 0 Å². The van der Waals surface area contributed by atoms with Crippen molar-refractivity contribution in [2.75, 3.05) is 14.2 Å². The zero-order valence-electron chi connectivity index (χ0n) is 11.1. The smallest absolute Gasteiger partial charge is 0.395 e. The Morgan fingerprint density at radius 2 is 1.62 bits per heavy atom. The van der Waals surface area contributed by atoms with Crippen LogP contribution in [0.3, 0.4) is 0 Å². The molecule has 0 spiro atoms. The van der Waals surface area contributed by atoms with Crippen molar-refractivity contribution in [3.05, 3.63) is 0 Å². The monoisotopic (exact) mass is 246 g/mol. The van der Waals surface area contributed by atoms with E-state index < -0.39 is 14.4 Å². The van der Waals surface area contributed by atoms with Gasteiger partial charge in [0.05, 0.1) is 0 Å². The van der Waals surface area contributed by atoms with Gasteiger partial charge < -0.3 is 20.3 Å². The third-order valence-corrected chi connectivity index (χ3v) is 5.65. The maximum Gasteiger partial charge on any atom is 0.415 e. The topological polar surface area (TPSA) is 82.9 Å². The van der Waals surface area contributed by atoms with Crippen molar-refractivity contribution < 1.29 is 8.85 Å². The molecule has 0 saturated carbocycles. The van der Waals surface area contributed by atoms with E-state index in [4.69, 9.17) is 20.3 Å². The average Bonchev–Trinajstić information content (AvgIpc) is 2.18. The molecule has 1 unspecified atom stereocenters. The second kappa shape index (κ2) is 5.65. The minimum atomic E-state index is -1.57. The summed E-state index contributed by atoms with van der Waals surface area (Å²) in [6.07, 6.45) is 0.932. The van der Waals surface area contributed by atoms with E-state index in [1.54, 1.807) is 14.2 Å². The van der Waals surface area contributed by atoms with Crippen molar-refractivity contribution in [3.8, 4) is 0 Å². The Morgan fingerprint density at radius 3 is 1.88 bits per heavy atom. The molecule has 0 saturated heterocycles. The summed E-state index contributed by atoms with van der Waals surface area (Å²) in [6, 6.07) is 0. The third kappa shape index (κ3) is 2.96. The molecule has 0 rings (SSSR count). The molecular formula is C10H24N3O2Si. The minimum Gasteiger partial charge on any atom is -0.395 e. The number of nitrogens with zero attached hydrogens (tertiary/aromatic N) is 1. The predicted octanol–water partition coefficient (Wildman–Crippen LogP) is 0.775. The van der Waals surface area contributed by atoms with Crippen LogP contribution < -0.4 is 11.5 Å². The number of rotatable bonds is 6. The largest absolute Gasteiger partial charge is 0.415 e. The van der Waals surface area contributed by atoms with Gasteiger partial charge in [-0.2, -0.15) is 0 Å². The molecule has 0 aromatic heterocycles. The van der Waals surface area contributed by atoms with Crippen LogP contribution in [-0.4, -0.2) is 34.6 Å². The van der Waals surface area contributed by atoms with Crippen LogP contribution in [0, 0.1) is 5.41 Å². The first-order chi connectivity index (χ1) is 7.25. The molecule has 5 nitrogen and oxygen atoms in total. The van der Waals surface area contributed by atoms with E-state index in [0.717, 1.165) is 6.42 Å². The lowest BCUT2D eigenvalue weighted by atomic mass is 9.82. The third-order valence-electron chi connectivity index (χ3n) is 3.32. The Kier molecular flexibility index (Phi) is 5.44. The minimum absolute atomic E-state index is 0.0700. The average molecular weight is 246 g/mol. The van der Waals surface area contributed by atoms with Gasteiger partial charge in [0.1, 0.15) is 5.16 Å². The molecule has 1 radical (unpaired) electrons. The Hall–Kier alpha value is -0.593. The normalized spacial score (nSPS) is 15.9. The van der Waals surface area contributed by atoms with Gasteiger partial charge in [-0.05, 0) is 18.8 Å². The second-order valence-electron chi connectivity index (χ2n) is 4.54. The molecule has 0 aliphatic carbocycles. The molecule has 95 valence electrons. The highest BCUT2D eigenvalue weighted by molar-refractivity contribution is 6.49. The van der Waals surface area contributed by atoms with E-state index in [0.29, 0.717) is 0 Å². The predicted molar refractivity (Wildman–Crippen MR) is 68.1 cm³/mol. The number of nitrogens with two attached hydrogens (primary N) is 2. The molecule has 0 aliphatic rings. The van der Waals surface area contributed by atoms with Gasteiger partial charge in [0, 0.05) is 14.2 Å². The molecule has 0 aromatic rings. The lowest BCUT2D eigenvalue weighted by molar-refractivity contribution is 0.167. The van der Waals surface area contributed by atoms with Crippen LogP contribution in [0.1, 0.15) is 34.1 Å². The molecular weight excluding hydrogens is 222 g/mol. The van der Waals surface area contributed by atoms with E-state index >= 15 is 0 Å². The number of aliphatic imine (C=N–C) groups is 1. The van der Waals surface area contributed by atoms with E-state index in [-0.39, 0.29) is 11.4 Å². The number of hydrogen-bond acceptors (Lipinski definition) is 3. The first-order valence-electron chi connectivity index (χ1n) is 5.31. The Balaban J connectivity index is 5.43. The Morgan fingerprint density at radius 1 is 1.19 bits per heavy atom. The molecule has 4 N–H and O–H groups in total. The molecule has 0 amide bonds. The van der Waals surface area contributed by atoms with Crippen molar-refractivity contribution in [3.63, 3.8) is 0 Å². The van der Waals surface area contributed by atoms with E-state index in [1.807, 2.05) is 6.92 Å². The molecule has 16 heavy (non-hydrogen) atoms. The quantitative estimate of drug-likeness (QED) is 0.412. The molecule has 0 aliphatic heterocycles. The maximum absolute atomic E-state index is 5.51. The fraction of sp³-hybridized carbons (Fsp3) is 0.900. The first kappa shape index (κ1) is 15.4. The SMILES string of the molecule is CCC(C)(C)C(C)(N=C(N)N)[Si](OC)OC. The maximum atomic E-state index is 5.51. The summed E-state index contributed by atoms with van der Waals surface area (Å²) in [6.45, 7) is 8.31. The van der Waals surface area contributed by atoms with Gasteiger partial charge in [0.2, 0.25) is 0 Å². The van der Waals surface area contributed by atoms with E-state index in [1.165, 1.54) is 0 Å². The zero-order valence-corrected chi connectivity index (χ0v) is 12.1. The Labute approximate surface area is 100 Å². The summed E-state index contributed by atoms with van der Waals surface area (Å²) >= 11 is 0. The molecule has 0 aromatic carbocycles. The summed E-state index contributed by atoms with van der Waals surface area (Å²) in [7, 11) is 1.69. The fourth-order valence-electron chi connectivity index (χ4n) is 1.56. The van der Waals surface area contributed by atoms with Gasteiger partial charge in [-0.25, -0.2) is 4.99 Å².